The largest absolute Gasteiger partial charge is 0.418 e. The van der Waals surface area contributed by atoms with Gasteiger partial charge >= 0.3 is 6.18 Å². The molecule has 0 aliphatic carbocycles. The van der Waals surface area contributed by atoms with E-state index in [0.717, 1.165) is 0 Å². The van der Waals surface area contributed by atoms with Gasteiger partial charge in [-0.3, -0.25) is 4.68 Å². The molecule has 1 rings (SSSR count). The lowest BCUT2D eigenvalue weighted by molar-refractivity contribution is -0.207. The Labute approximate surface area is 85.5 Å². The highest BCUT2D eigenvalue weighted by Crippen LogP contribution is 2.35. The first-order valence-corrected chi connectivity index (χ1v) is 4.57. The monoisotopic (exact) mass is 222 g/mol. The fraction of sp³-hybridized carbons (Fsp3) is 0.667. The van der Waals surface area contributed by atoms with Crippen LogP contribution in [-0.2, 0) is 6.54 Å². The summed E-state index contributed by atoms with van der Waals surface area (Å²) in [4.78, 5) is 0. The zero-order valence-electron chi connectivity index (χ0n) is 8.76. The number of hydrogen-bond donors (Lipinski definition) is 1. The number of aliphatic hydroxyl groups excluding tert-OH is 1. The number of halogens is 3. The number of rotatable bonds is 2. The zero-order valence-corrected chi connectivity index (χ0v) is 8.76. The Morgan fingerprint density at radius 2 is 1.93 bits per heavy atom. The number of alkyl halides is 3. The lowest BCUT2D eigenvalue weighted by atomic mass is 10.1. The van der Waals surface area contributed by atoms with Crippen molar-refractivity contribution in [1.82, 2.24) is 9.78 Å². The maximum absolute atomic E-state index is 12.3. The summed E-state index contributed by atoms with van der Waals surface area (Å²) in [6.45, 7) is 5.25. The molecule has 1 heterocycles. The van der Waals surface area contributed by atoms with E-state index in [1.165, 1.54) is 18.5 Å². The normalized spacial score (nSPS) is 14.3. The average Bonchev–Trinajstić information content (AvgIpc) is 2.39. The van der Waals surface area contributed by atoms with E-state index >= 15 is 0 Å². The smallest absolute Gasteiger partial charge is 0.379 e. The second kappa shape index (κ2) is 3.84. The molecule has 0 saturated heterocycles. The first-order chi connectivity index (χ1) is 6.79. The molecule has 6 heteroatoms. The highest BCUT2D eigenvalue weighted by atomic mass is 19.4. The number of aromatic nitrogens is 2. The van der Waals surface area contributed by atoms with Gasteiger partial charge in [-0.15, -0.1) is 0 Å². The molecule has 0 spiro atoms. The van der Waals surface area contributed by atoms with Gasteiger partial charge in [0.2, 0.25) is 0 Å². The summed E-state index contributed by atoms with van der Waals surface area (Å²) in [7, 11) is 0. The summed E-state index contributed by atoms with van der Waals surface area (Å²) in [5.74, 6) is 0. The molecule has 1 N–H and O–H groups in total. The van der Waals surface area contributed by atoms with Crippen molar-refractivity contribution in [3.05, 3.63) is 17.0 Å². The minimum absolute atomic E-state index is 0.135. The minimum Gasteiger partial charge on any atom is -0.379 e. The lowest BCUT2D eigenvalue weighted by Crippen LogP contribution is -2.21. The molecule has 3 nitrogen and oxygen atoms in total. The van der Waals surface area contributed by atoms with Crippen LogP contribution in [0.25, 0.3) is 0 Å². The summed E-state index contributed by atoms with van der Waals surface area (Å²) in [6, 6.07) is 0. The molecular formula is C9H13F3N2O. The van der Waals surface area contributed by atoms with Crippen molar-refractivity contribution < 1.29 is 18.3 Å². The maximum Gasteiger partial charge on any atom is 0.418 e. The van der Waals surface area contributed by atoms with E-state index in [-0.39, 0.29) is 11.3 Å². The molecule has 15 heavy (non-hydrogen) atoms. The third-order valence-corrected chi connectivity index (χ3v) is 2.32. The van der Waals surface area contributed by atoms with E-state index in [0.29, 0.717) is 12.2 Å². The van der Waals surface area contributed by atoms with Crippen LogP contribution in [0, 0.1) is 13.8 Å². The van der Waals surface area contributed by atoms with Crippen LogP contribution in [0.4, 0.5) is 13.2 Å². The highest BCUT2D eigenvalue weighted by Gasteiger charge is 2.42. The molecule has 1 atom stereocenters. The Balaban J connectivity index is 3.20. The minimum atomic E-state index is -4.64. The number of aliphatic hydroxyl groups is 1. The molecule has 1 aromatic heterocycles. The average molecular weight is 222 g/mol. The van der Waals surface area contributed by atoms with Crippen LogP contribution in [0.3, 0.4) is 0 Å². The van der Waals surface area contributed by atoms with Crippen molar-refractivity contribution >= 4 is 0 Å². The summed E-state index contributed by atoms with van der Waals surface area (Å²) < 4.78 is 38.4. The van der Waals surface area contributed by atoms with Gasteiger partial charge < -0.3 is 5.11 Å². The van der Waals surface area contributed by atoms with Crippen LogP contribution in [0.5, 0.6) is 0 Å². The first-order valence-electron chi connectivity index (χ1n) is 4.57. The maximum atomic E-state index is 12.3. The molecular weight excluding hydrogens is 209 g/mol. The highest BCUT2D eigenvalue weighted by molar-refractivity contribution is 5.28. The standard InChI is InChI=1S/C9H13F3N2O/c1-4-14-6(3)7(5(2)13-14)8(15)9(10,11)12/h8,15H,4H2,1-3H3. The molecule has 0 aliphatic rings. The van der Waals surface area contributed by atoms with E-state index < -0.39 is 12.3 Å². The van der Waals surface area contributed by atoms with E-state index in [4.69, 9.17) is 5.11 Å². The molecule has 86 valence electrons. The van der Waals surface area contributed by atoms with E-state index in [1.807, 2.05) is 0 Å². The van der Waals surface area contributed by atoms with Gasteiger partial charge in [-0.1, -0.05) is 0 Å². The molecule has 0 aromatic carbocycles. The fourth-order valence-corrected chi connectivity index (χ4v) is 1.58. The Hall–Kier alpha value is -1.04. The molecule has 0 bridgehead atoms. The van der Waals surface area contributed by atoms with Gasteiger partial charge in [0.15, 0.2) is 6.10 Å². The van der Waals surface area contributed by atoms with Crippen LogP contribution in [0.2, 0.25) is 0 Å². The topological polar surface area (TPSA) is 38.0 Å². The molecule has 1 unspecified atom stereocenters. The quantitative estimate of drug-likeness (QED) is 0.832. The second-order valence-electron chi connectivity index (χ2n) is 3.34. The van der Waals surface area contributed by atoms with Gasteiger partial charge in [0.25, 0.3) is 0 Å². The second-order valence-corrected chi connectivity index (χ2v) is 3.34. The summed E-state index contributed by atoms with van der Waals surface area (Å²) in [6.07, 6.45) is -7.09. The SMILES string of the molecule is CCn1nc(C)c(C(O)C(F)(F)F)c1C. The van der Waals surface area contributed by atoms with Crippen molar-refractivity contribution in [3.63, 3.8) is 0 Å². The third-order valence-electron chi connectivity index (χ3n) is 2.32. The molecule has 0 saturated carbocycles. The summed E-state index contributed by atoms with van der Waals surface area (Å²) >= 11 is 0. The molecule has 1 aromatic rings. The van der Waals surface area contributed by atoms with Gasteiger partial charge in [-0.2, -0.15) is 18.3 Å². The third kappa shape index (κ3) is 2.14. The van der Waals surface area contributed by atoms with E-state index in [1.54, 1.807) is 6.92 Å². The van der Waals surface area contributed by atoms with Gasteiger partial charge in [0, 0.05) is 17.8 Å². The predicted octanol–water partition coefficient (Wildman–Crippen LogP) is 2.12. The van der Waals surface area contributed by atoms with Gasteiger partial charge in [0.1, 0.15) is 0 Å². The van der Waals surface area contributed by atoms with Gasteiger partial charge in [0.05, 0.1) is 5.69 Å². The number of aryl methyl sites for hydroxylation is 2. The van der Waals surface area contributed by atoms with Crippen LogP contribution in [0.1, 0.15) is 30.0 Å². The zero-order chi connectivity index (χ0) is 11.8. The Kier molecular flexibility index (Phi) is 3.08. The summed E-state index contributed by atoms with van der Waals surface area (Å²) in [5, 5.41) is 13.1. The van der Waals surface area contributed by atoms with Gasteiger partial charge in [-0.05, 0) is 20.8 Å². The van der Waals surface area contributed by atoms with E-state index in [2.05, 4.69) is 5.10 Å². The van der Waals surface area contributed by atoms with E-state index in [9.17, 15) is 13.2 Å². The van der Waals surface area contributed by atoms with Crippen LogP contribution in [0.15, 0.2) is 0 Å². The van der Waals surface area contributed by atoms with Crippen LogP contribution >= 0.6 is 0 Å². The van der Waals surface area contributed by atoms with Crippen LogP contribution < -0.4 is 0 Å². The lowest BCUT2D eigenvalue weighted by Gasteiger charge is -2.15. The van der Waals surface area contributed by atoms with Crippen molar-refractivity contribution in [2.75, 3.05) is 0 Å². The Morgan fingerprint density at radius 1 is 1.40 bits per heavy atom. The number of hydrogen-bond acceptors (Lipinski definition) is 2. The first kappa shape index (κ1) is 12.0. The Bertz CT molecular complexity index is 357. The number of nitrogens with zero attached hydrogens (tertiary/aromatic N) is 2. The van der Waals surface area contributed by atoms with Crippen molar-refractivity contribution in [2.24, 2.45) is 0 Å². The predicted molar refractivity (Wildman–Crippen MR) is 48.4 cm³/mol. The van der Waals surface area contributed by atoms with Gasteiger partial charge in [-0.25, -0.2) is 0 Å². The molecule has 0 fully saturated rings. The van der Waals surface area contributed by atoms with Crippen molar-refractivity contribution in [1.29, 1.82) is 0 Å². The fourth-order valence-electron chi connectivity index (χ4n) is 1.58. The molecule has 0 radical (unpaired) electrons. The Morgan fingerprint density at radius 3 is 2.27 bits per heavy atom. The molecule has 0 aliphatic heterocycles. The summed E-state index contributed by atoms with van der Waals surface area (Å²) in [5.41, 5.74) is 0.448. The van der Waals surface area contributed by atoms with Crippen molar-refractivity contribution in [3.8, 4) is 0 Å². The molecule has 0 amide bonds. The van der Waals surface area contributed by atoms with Crippen molar-refractivity contribution in [2.45, 2.75) is 39.6 Å². The van der Waals surface area contributed by atoms with Crippen LogP contribution in [-0.4, -0.2) is 21.1 Å².